The van der Waals surface area contributed by atoms with E-state index in [1.165, 1.54) is 13.4 Å². The van der Waals surface area contributed by atoms with Crippen LogP contribution >= 0.6 is 0 Å². The Bertz CT molecular complexity index is 248. The van der Waals surface area contributed by atoms with Crippen molar-refractivity contribution in [1.29, 1.82) is 0 Å². The standard InChI is InChI=1S/C8H15O2.C7H13O2/c1-8(2,3)5-7(6-9)10-4;1-7(2,3)4-6(9)5-8/h7H,5H2,1-4H3;6,9H,4H2,1-3H3. The number of carbonyl (C=O) groups excluding carboxylic acids is 2. The lowest BCUT2D eigenvalue weighted by molar-refractivity contribution is 0.113. The molecule has 0 aromatic rings. The van der Waals surface area contributed by atoms with Crippen LogP contribution in [0.4, 0.5) is 0 Å². The number of ether oxygens (including phenoxy) is 1. The zero-order valence-electron chi connectivity index (χ0n) is 13.2. The highest BCUT2D eigenvalue weighted by Crippen LogP contribution is 2.21. The minimum absolute atomic E-state index is 0.0107. The monoisotopic (exact) mass is 272 g/mol. The third kappa shape index (κ3) is 17.3. The Labute approximate surface area is 117 Å². The van der Waals surface area contributed by atoms with Crippen LogP contribution in [0, 0.1) is 10.8 Å². The first-order valence-electron chi connectivity index (χ1n) is 6.41. The molecule has 1 N–H and O–H groups in total. The molecule has 0 saturated heterocycles. The Morgan fingerprint density at radius 1 is 0.947 bits per heavy atom. The van der Waals surface area contributed by atoms with Gasteiger partial charge in [-0.2, -0.15) is 0 Å². The average molecular weight is 272 g/mol. The van der Waals surface area contributed by atoms with E-state index >= 15 is 0 Å². The van der Waals surface area contributed by atoms with Crippen LogP contribution in [0.2, 0.25) is 0 Å². The van der Waals surface area contributed by atoms with Crippen LogP contribution in [-0.4, -0.2) is 37.0 Å². The molecule has 0 aromatic carbocycles. The third-order valence-electron chi connectivity index (χ3n) is 2.16. The van der Waals surface area contributed by atoms with Crippen molar-refractivity contribution < 1.29 is 19.4 Å². The maximum Gasteiger partial charge on any atom is 0.229 e. The molecule has 19 heavy (non-hydrogen) atoms. The lowest BCUT2D eigenvalue weighted by Crippen LogP contribution is -2.20. The van der Waals surface area contributed by atoms with Crippen molar-refractivity contribution in [2.45, 2.75) is 66.6 Å². The van der Waals surface area contributed by atoms with E-state index in [0.717, 1.165) is 6.42 Å². The molecule has 0 aliphatic heterocycles. The molecular formula is C15H28O4. The summed E-state index contributed by atoms with van der Waals surface area (Å²) in [6.45, 7) is 12.1. The topological polar surface area (TPSA) is 63.6 Å². The molecular weight excluding hydrogens is 244 g/mol. The summed E-state index contributed by atoms with van der Waals surface area (Å²) >= 11 is 0. The number of hydrogen-bond donors (Lipinski definition) is 1. The highest BCUT2D eigenvalue weighted by molar-refractivity contribution is 5.57. The van der Waals surface area contributed by atoms with E-state index in [4.69, 9.17) is 9.84 Å². The van der Waals surface area contributed by atoms with E-state index in [-0.39, 0.29) is 16.9 Å². The Hall–Kier alpha value is -0.740. The highest BCUT2D eigenvalue weighted by Gasteiger charge is 2.18. The van der Waals surface area contributed by atoms with E-state index in [1.807, 2.05) is 27.1 Å². The maximum absolute atomic E-state index is 10.2. The molecule has 0 aliphatic rings. The van der Waals surface area contributed by atoms with Crippen molar-refractivity contribution in [2.24, 2.45) is 10.8 Å². The number of methoxy groups -OCH3 is 1. The molecule has 4 heteroatoms. The zero-order chi connectivity index (χ0) is 15.7. The summed E-state index contributed by atoms with van der Waals surface area (Å²) < 4.78 is 4.85. The molecule has 0 bridgehead atoms. The first-order chi connectivity index (χ1) is 8.45. The molecule has 0 saturated carbocycles. The summed E-state index contributed by atoms with van der Waals surface area (Å²) in [6, 6.07) is 0. The van der Waals surface area contributed by atoms with E-state index in [2.05, 4.69) is 20.8 Å². The van der Waals surface area contributed by atoms with Crippen LogP contribution in [0.3, 0.4) is 0 Å². The lowest BCUT2D eigenvalue weighted by atomic mass is 9.89. The molecule has 0 amide bonds. The minimum atomic E-state index is -0.912. The van der Waals surface area contributed by atoms with Gasteiger partial charge < -0.3 is 9.84 Å². The Kier molecular flexibility index (Phi) is 9.97. The van der Waals surface area contributed by atoms with Crippen molar-refractivity contribution in [2.75, 3.05) is 7.11 Å². The van der Waals surface area contributed by atoms with Crippen LogP contribution in [0.5, 0.6) is 0 Å². The fourth-order valence-electron chi connectivity index (χ4n) is 1.35. The molecule has 4 nitrogen and oxygen atoms in total. The SMILES string of the molecule is CC(C)(C)CC(O)[C]=O.COC([C]=O)CC(C)(C)C. The Balaban J connectivity index is 0. The molecule has 112 valence electrons. The Morgan fingerprint density at radius 2 is 1.37 bits per heavy atom. The van der Waals surface area contributed by atoms with E-state index in [0.29, 0.717) is 6.42 Å². The molecule has 2 unspecified atom stereocenters. The Morgan fingerprint density at radius 3 is 1.47 bits per heavy atom. The molecule has 0 spiro atoms. The van der Waals surface area contributed by atoms with Crippen LogP contribution in [0.25, 0.3) is 0 Å². The van der Waals surface area contributed by atoms with Gasteiger partial charge in [0.25, 0.3) is 0 Å². The van der Waals surface area contributed by atoms with Gasteiger partial charge in [0, 0.05) is 7.11 Å². The van der Waals surface area contributed by atoms with E-state index in [1.54, 1.807) is 0 Å². The van der Waals surface area contributed by atoms with Gasteiger partial charge in [0.05, 0.1) is 0 Å². The summed E-state index contributed by atoms with van der Waals surface area (Å²) in [6.07, 6.45) is 3.30. The van der Waals surface area contributed by atoms with Gasteiger partial charge in [0.2, 0.25) is 12.6 Å². The summed E-state index contributed by atoms with van der Waals surface area (Å²) in [5.74, 6) is 0. The molecule has 0 aromatic heterocycles. The maximum atomic E-state index is 10.2. The fraction of sp³-hybridized carbons (Fsp3) is 0.867. The van der Waals surface area contributed by atoms with E-state index < -0.39 is 6.10 Å². The average Bonchev–Trinajstić information content (AvgIpc) is 2.23. The van der Waals surface area contributed by atoms with Gasteiger partial charge in [-0.15, -0.1) is 0 Å². The largest absolute Gasteiger partial charge is 0.385 e. The minimum Gasteiger partial charge on any atom is -0.385 e. The van der Waals surface area contributed by atoms with Crippen molar-refractivity contribution in [3.8, 4) is 0 Å². The molecule has 2 atom stereocenters. The van der Waals surface area contributed by atoms with Crippen molar-refractivity contribution in [1.82, 2.24) is 0 Å². The van der Waals surface area contributed by atoms with Crippen LogP contribution in [0.1, 0.15) is 54.4 Å². The van der Waals surface area contributed by atoms with Gasteiger partial charge in [-0.05, 0) is 23.7 Å². The summed E-state index contributed by atoms with van der Waals surface area (Å²) in [7, 11) is 1.53. The molecule has 2 radical (unpaired) electrons. The van der Waals surface area contributed by atoms with Gasteiger partial charge in [-0.1, -0.05) is 41.5 Å². The summed E-state index contributed by atoms with van der Waals surface area (Å²) in [4.78, 5) is 20.0. The third-order valence-corrected chi connectivity index (χ3v) is 2.16. The van der Waals surface area contributed by atoms with Crippen molar-refractivity contribution in [3.05, 3.63) is 0 Å². The number of aliphatic hydroxyl groups excluding tert-OH is 1. The quantitative estimate of drug-likeness (QED) is 0.835. The van der Waals surface area contributed by atoms with Gasteiger partial charge in [-0.25, -0.2) is 0 Å². The molecule has 0 aliphatic carbocycles. The molecule has 0 heterocycles. The van der Waals surface area contributed by atoms with Gasteiger partial charge in [-0.3, -0.25) is 9.59 Å². The first-order valence-corrected chi connectivity index (χ1v) is 6.41. The van der Waals surface area contributed by atoms with Crippen LogP contribution in [0.15, 0.2) is 0 Å². The van der Waals surface area contributed by atoms with Gasteiger partial charge >= 0.3 is 0 Å². The smallest absolute Gasteiger partial charge is 0.229 e. The summed E-state index contributed by atoms with van der Waals surface area (Å²) in [5.41, 5.74) is 0.148. The first kappa shape index (κ1) is 20.6. The van der Waals surface area contributed by atoms with Gasteiger partial charge in [0.1, 0.15) is 12.2 Å². The fourth-order valence-corrected chi connectivity index (χ4v) is 1.35. The van der Waals surface area contributed by atoms with Crippen molar-refractivity contribution >= 4 is 12.6 Å². The molecule has 0 fully saturated rings. The number of hydrogen-bond acceptors (Lipinski definition) is 4. The lowest BCUT2D eigenvalue weighted by Gasteiger charge is -2.20. The van der Waals surface area contributed by atoms with E-state index in [9.17, 15) is 9.59 Å². The zero-order valence-corrected chi connectivity index (χ0v) is 13.2. The number of rotatable bonds is 5. The highest BCUT2D eigenvalue weighted by atomic mass is 16.5. The second kappa shape index (κ2) is 9.21. The van der Waals surface area contributed by atoms with Crippen molar-refractivity contribution in [3.63, 3.8) is 0 Å². The number of aliphatic hydroxyl groups is 1. The summed E-state index contributed by atoms with van der Waals surface area (Å²) in [5, 5.41) is 8.77. The predicted octanol–water partition coefficient (Wildman–Crippen LogP) is 2.44. The second-order valence-corrected chi connectivity index (χ2v) is 7.01. The second-order valence-electron chi connectivity index (χ2n) is 7.01. The normalized spacial score (nSPS) is 14.9. The molecule has 0 rings (SSSR count). The van der Waals surface area contributed by atoms with Gasteiger partial charge in [0.15, 0.2) is 0 Å². The van der Waals surface area contributed by atoms with Crippen LogP contribution < -0.4 is 0 Å². The van der Waals surface area contributed by atoms with Crippen LogP contribution in [-0.2, 0) is 14.3 Å². The predicted molar refractivity (Wildman–Crippen MR) is 76.3 cm³/mol.